The number of amides is 1. The summed E-state index contributed by atoms with van der Waals surface area (Å²) in [6.45, 7) is 1.42. The number of esters is 1. The Hall–Kier alpha value is -2.78. The molecule has 3 rings (SSSR count). The molecule has 134 valence electrons. The molecule has 0 atom stereocenters. The maximum atomic E-state index is 12.0. The van der Waals surface area contributed by atoms with Gasteiger partial charge in [-0.2, -0.15) is 0 Å². The first kappa shape index (κ1) is 18.0. The van der Waals surface area contributed by atoms with Gasteiger partial charge >= 0.3 is 5.97 Å². The van der Waals surface area contributed by atoms with Gasteiger partial charge < -0.3 is 14.8 Å². The summed E-state index contributed by atoms with van der Waals surface area (Å²) < 4.78 is 10.5. The smallest absolute Gasteiger partial charge is 0.358 e. The molecule has 0 radical (unpaired) electrons. The van der Waals surface area contributed by atoms with Crippen molar-refractivity contribution in [3.05, 3.63) is 46.4 Å². The largest absolute Gasteiger partial charge is 0.497 e. The highest BCUT2D eigenvalue weighted by molar-refractivity contribution is 7.14. The fraction of sp³-hybridized carbons (Fsp3) is 0.176. The number of hydrogen-bond donors (Lipinski definition) is 1. The lowest BCUT2D eigenvalue weighted by Gasteiger charge is -2.02. The molecule has 1 N–H and O–H groups in total. The Morgan fingerprint density at radius 1 is 1.19 bits per heavy atom. The quantitative estimate of drug-likeness (QED) is 0.648. The highest BCUT2D eigenvalue weighted by atomic mass is 32.1. The SMILES string of the molecule is COc1cccc(-c2nc(COC(=O)c3csc(NC(C)=O)n3)cs2)c1. The Kier molecular flexibility index (Phi) is 5.59. The van der Waals surface area contributed by atoms with Crippen LogP contribution in [0.15, 0.2) is 35.0 Å². The highest BCUT2D eigenvalue weighted by Crippen LogP contribution is 2.27. The van der Waals surface area contributed by atoms with Gasteiger partial charge in [0.1, 0.15) is 17.4 Å². The van der Waals surface area contributed by atoms with Crippen molar-refractivity contribution in [1.29, 1.82) is 0 Å². The van der Waals surface area contributed by atoms with Gasteiger partial charge in [0.25, 0.3) is 0 Å². The van der Waals surface area contributed by atoms with Crippen molar-refractivity contribution < 1.29 is 19.1 Å². The molecule has 26 heavy (non-hydrogen) atoms. The molecule has 0 unspecified atom stereocenters. The number of ether oxygens (including phenoxy) is 2. The van der Waals surface area contributed by atoms with Crippen molar-refractivity contribution in [2.45, 2.75) is 13.5 Å². The topological polar surface area (TPSA) is 90.4 Å². The zero-order chi connectivity index (χ0) is 18.5. The molecule has 2 aromatic heterocycles. The third kappa shape index (κ3) is 4.44. The molecule has 0 fully saturated rings. The molecule has 0 aliphatic carbocycles. The van der Waals surface area contributed by atoms with E-state index in [1.54, 1.807) is 7.11 Å². The number of benzene rings is 1. The van der Waals surface area contributed by atoms with E-state index < -0.39 is 5.97 Å². The van der Waals surface area contributed by atoms with Crippen molar-refractivity contribution in [1.82, 2.24) is 9.97 Å². The average molecular weight is 389 g/mol. The molecule has 1 amide bonds. The number of nitrogens with one attached hydrogen (secondary N) is 1. The molecule has 1 aromatic carbocycles. The van der Waals surface area contributed by atoms with Gasteiger partial charge in [-0.3, -0.25) is 4.79 Å². The molecule has 0 aliphatic rings. The van der Waals surface area contributed by atoms with Crippen LogP contribution in [0.5, 0.6) is 5.75 Å². The number of rotatable bonds is 6. The summed E-state index contributed by atoms with van der Waals surface area (Å²) in [5, 5.41) is 7.08. The van der Waals surface area contributed by atoms with E-state index >= 15 is 0 Å². The van der Waals surface area contributed by atoms with Crippen LogP contribution in [0.25, 0.3) is 10.6 Å². The molecule has 0 spiro atoms. The lowest BCUT2D eigenvalue weighted by atomic mass is 10.2. The van der Waals surface area contributed by atoms with Crippen LogP contribution in [0.1, 0.15) is 23.1 Å². The van der Waals surface area contributed by atoms with Crippen molar-refractivity contribution in [3.63, 3.8) is 0 Å². The second kappa shape index (κ2) is 8.07. The van der Waals surface area contributed by atoms with E-state index in [1.807, 2.05) is 29.6 Å². The average Bonchev–Trinajstić information content (AvgIpc) is 3.29. The van der Waals surface area contributed by atoms with Gasteiger partial charge in [-0.1, -0.05) is 12.1 Å². The van der Waals surface area contributed by atoms with E-state index in [0.29, 0.717) is 10.8 Å². The van der Waals surface area contributed by atoms with Crippen molar-refractivity contribution in [2.75, 3.05) is 12.4 Å². The Morgan fingerprint density at radius 2 is 2.04 bits per heavy atom. The van der Waals surface area contributed by atoms with E-state index in [9.17, 15) is 9.59 Å². The Labute approximate surface area is 157 Å². The van der Waals surface area contributed by atoms with E-state index in [4.69, 9.17) is 9.47 Å². The van der Waals surface area contributed by atoms with Gasteiger partial charge in [0.05, 0.1) is 12.8 Å². The van der Waals surface area contributed by atoms with Crippen LogP contribution in [0.4, 0.5) is 5.13 Å². The maximum Gasteiger partial charge on any atom is 0.358 e. The summed E-state index contributed by atoms with van der Waals surface area (Å²) in [6, 6.07) is 7.59. The van der Waals surface area contributed by atoms with Gasteiger partial charge in [0.2, 0.25) is 5.91 Å². The third-order valence-electron chi connectivity index (χ3n) is 3.22. The van der Waals surface area contributed by atoms with E-state index in [1.165, 1.54) is 23.6 Å². The number of thiazole rings is 2. The number of nitrogens with zero attached hydrogens (tertiary/aromatic N) is 2. The Morgan fingerprint density at radius 3 is 2.81 bits per heavy atom. The molecule has 7 nitrogen and oxygen atoms in total. The van der Waals surface area contributed by atoms with Gasteiger partial charge in [-0.25, -0.2) is 14.8 Å². The molecule has 0 bridgehead atoms. The number of aromatic nitrogens is 2. The van der Waals surface area contributed by atoms with Gasteiger partial charge in [0.15, 0.2) is 10.8 Å². The predicted molar refractivity (Wildman–Crippen MR) is 99.6 cm³/mol. The molecular formula is C17H15N3O4S2. The fourth-order valence-electron chi connectivity index (χ4n) is 2.05. The van der Waals surface area contributed by atoms with Crippen molar-refractivity contribution >= 4 is 39.7 Å². The molecule has 0 saturated carbocycles. The lowest BCUT2D eigenvalue weighted by Crippen LogP contribution is -2.08. The summed E-state index contributed by atoms with van der Waals surface area (Å²) in [6.07, 6.45) is 0. The normalized spacial score (nSPS) is 10.4. The van der Waals surface area contributed by atoms with Crippen LogP contribution in [-0.2, 0) is 16.1 Å². The molecule has 0 saturated heterocycles. The molecule has 3 aromatic rings. The maximum absolute atomic E-state index is 12.0. The predicted octanol–water partition coefficient (Wildman–Crippen LogP) is 3.59. The fourth-order valence-corrected chi connectivity index (χ4v) is 3.58. The van der Waals surface area contributed by atoms with Crippen LogP contribution >= 0.6 is 22.7 Å². The number of carbonyl (C=O) groups is 2. The van der Waals surface area contributed by atoms with Crippen molar-refractivity contribution in [3.8, 4) is 16.3 Å². The van der Waals surface area contributed by atoms with E-state index in [2.05, 4.69) is 15.3 Å². The van der Waals surface area contributed by atoms with Crippen molar-refractivity contribution in [2.24, 2.45) is 0 Å². The summed E-state index contributed by atoms with van der Waals surface area (Å²) >= 11 is 2.62. The monoisotopic (exact) mass is 389 g/mol. The number of hydrogen-bond acceptors (Lipinski definition) is 8. The summed E-state index contributed by atoms with van der Waals surface area (Å²) in [5.41, 5.74) is 1.74. The molecular weight excluding hydrogens is 374 g/mol. The summed E-state index contributed by atoms with van der Waals surface area (Å²) in [5.74, 6) is -0.0511. The van der Waals surface area contributed by atoms with Gasteiger partial charge in [-0.15, -0.1) is 22.7 Å². The van der Waals surface area contributed by atoms with Crippen LogP contribution in [-0.4, -0.2) is 29.0 Å². The molecule has 0 aliphatic heterocycles. The highest BCUT2D eigenvalue weighted by Gasteiger charge is 2.14. The molecule has 2 heterocycles. The Balaban J connectivity index is 1.61. The van der Waals surface area contributed by atoms with Crippen LogP contribution in [0, 0.1) is 0 Å². The number of carbonyl (C=O) groups excluding carboxylic acids is 2. The summed E-state index contributed by atoms with van der Waals surface area (Å²) in [4.78, 5) is 31.5. The zero-order valence-corrected chi connectivity index (χ0v) is 15.6. The van der Waals surface area contributed by atoms with Crippen LogP contribution < -0.4 is 10.1 Å². The third-order valence-corrected chi connectivity index (χ3v) is 4.91. The minimum Gasteiger partial charge on any atom is -0.497 e. The minimum atomic E-state index is -0.561. The second-order valence-electron chi connectivity index (χ2n) is 5.17. The first-order valence-corrected chi connectivity index (χ1v) is 9.30. The first-order valence-electron chi connectivity index (χ1n) is 7.54. The Bertz CT molecular complexity index is 935. The molecule has 9 heteroatoms. The van der Waals surface area contributed by atoms with Gasteiger partial charge in [0, 0.05) is 23.2 Å². The minimum absolute atomic E-state index is 0.0479. The second-order valence-corrected chi connectivity index (χ2v) is 6.89. The van der Waals surface area contributed by atoms with Crippen LogP contribution in [0.2, 0.25) is 0 Å². The first-order chi connectivity index (χ1) is 12.5. The van der Waals surface area contributed by atoms with E-state index in [0.717, 1.165) is 27.7 Å². The summed E-state index contributed by atoms with van der Waals surface area (Å²) in [7, 11) is 1.61. The van der Waals surface area contributed by atoms with Gasteiger partial charge in [-0.05, 0) is 12.1 Å². The van der Waals surface area contributed by atoms with Crippen LogP contribution in [0.3, 0.4) is 0 Å². The van der Waals surface area contributed by atoms with E-state index in [-0.39, 0.29) is 18.2 Å². The standard InChI is InChI=1S/C17H15N3O4S2/c1-10(21)18-17-20-14(9-26-17)16(22)24-7-12-8-25-15(19-12)11-4-3-5-13(6-11)23-2/h3-6,8-9H,7H2,1-2H3,(H,18,20,21). The zero-order valence-electron chi connectivity index (χ0n) is 14.0. The number of anilines is 1. The lowest BCUT2D eigenvalue weighted by molar-refractivity contribution is -0.114. The number of methoxy groups -OCH3 is 1.